The molecular formula is C20H14ClN3OS2. The summed E-state index contributed by atoms with van der Waals surface area (Å²) in [4.78, 5) is 12.5. The predicted octanol–water partition coefficient (Wildman–Crippen LogP) is 5.89. The van der Waals surface area contributed by atoms with Crippen LogP contribution >= 0.6 is 34.7 Å². The molecule has 4 rings (SSSR count). The number of nitrogens with one attached hydrogen (secondary N) is 1. The topological polar surface area (TPSA) is 54.9 Å². The zero-order valence-corrected chi connectivity index (χ0v) is 16.4. The van der Waals surface area contributed by atoms with Crippen molar-refractivity contribution in [2.24, 2.45) is 0 Å². The van der Waals surface area contributed by atoms with Crippen LogP contribution in [0.5, 0.6) is 0 Å². The molecule has 27 heavy (non-hydrogen) atoms. The number of hydrogen-bond donors (Lipinski definition) is 1. The zero-order chi connectivity index (χ0) is 18.6. The van der Waals surface area contributed by atoms with Gasteiger partial charge in [0.1, 0.15) is 0 Å². The van der Waals surface area contributed by atoms with E-state index in [0.717, 1.165) is 26.4 Å². The van der Waals surface area contributed by atoms with Crippen molar-refractivity contribution in [3.63, 3.8) is 0 Å². The van der Waals surface area contributed by atoms with Gasteiger partial charge in [-0.3, -0.25) is 10.1 Å². The Balaban J connectivity index is 1.41. The number of fused-ring (bicyclic) bond motifs is 1. The second-order valence-corrected chi connectivity index (χ2v) is 8.44. The van der Waals surface area contributed by atoms with Gasteiger partial charge in [0.05, 0.1) is 0 Å². The molecule has 0 aliphatic heterocycles. The Morgan fingerprint density at radius 2 is 1.85 bits per heavy atom. The average Bonchev–Trinajstić information content (AvgIpc) is 3.13. The van der Waals surface area contributed by atoms with E-state index in [0.29, 0.717) is 15.7 Å². The standard InChI is InChI=1S/C20H14ClN3OS2/c21-17-7-3-4-13(10-17)12-26-20-24-23-19(27-20)22-18(25)16-9-8-14-5-1-2-6-15(14)11-16/h1-11H,12H2,(H,22,23,25). The minimum absolute atomic E-state index is 0.191. The number of halogens is 1. The van der Waals surface area contributed by atoms with Crippen LogP contribution in [0.3, 0.4) is 0 Å². The Bertz CT molecular complexity index is 1110. The summed E-state index contributed by atoms with van der Waals surface area (Å²) in [6.45, 7) is 0. The Hall–Kier alpha value is -2.41. The fourth-order valence-corrected chi connectivity index (χ4v) is 4.49. The minimum atomic E-state index is -0.191. The summed E-state index contributed by atoms with van der Waals surface area (Å²) in [5, 5.41) is 14.4. The molecule has 1 heterocycles. The molecule has 3 aromatic carbocycles. The quantitative estimate of drug-likeness (QED) is 0.328. The van der Waals surface area contributed by atoms with Crippen molar-refractivity contribution in [1.29, 1.82) is 0 Å². The van der Waals surface area contributed by atoms with Gasteiger partial charge in [-0.2, -0.15) is 0 Å². The Labute approximate surface area is 169 Å². The van der Waals surface area contributed by atoms with Crippen LogP contribution in [0.4, 0.5) is 5.13 Å². The summed E-state index contributed by atoms with van der Waals surface area (Å²) in [5.74, 6) is 0.552. The Morgan fingerprint density at radius 1 is 1.00 bits per heavy atom. The number of aromatic nitrogens is 2. The highest BCUT2D eigenvalue weighted by atomic mass is 35.5. The van der Waals surface area contributed by atoms with E-state index < -0.39 is 0 Å². The average molecular weight is 412 g/mol. The van der Waals surface area contributed by atoms with Gasteiger partial charge in [0.15, 0.2) is 4.34 Å². The molecular weight excluding hydrogens is 398 g/mol. The number of thioether (sulfide) groups is 1. The van der Waals surface area contributed by atoms with Crippen molar-refractivity contribution in [1.82, 2.24) is 10.2 Å². The van der Waals surface area contributed by atoms with Crippen LogP contribution in [0.1, 0.15) is 15.9 Å². The lowest BCUT2D eigenvalue weighted by Gasteiger charge is -2.03. The molecule has 0 fully saturated rings. The Kier molecular flexibility index (Phi) is 5.38. The lowest BCUT2D eigenvalue weighted by atomic mass is 10.1. The number of benzene rings is 3. The van der Waals surface area contributed by atoms with Crippen LogP contribution in [0.25, 0.3) is 10.8 Å². The molecule has 0 radical (unpaired) electrons. The fraction of sp³-hybridized carbons (Fsp3) is 0.0500. The first-order chi connectivity index (χ1) is 13.2. The number of nitrogens with zero attached hydrogens (tertiary/aromatic N) is 2. The summed E-state index contributed by atoms with van der Waals surface area (Å²) in [5.41, 5.74) is 1.71. The largest absolute Gasteiger partial charge is 0.296 e. The number of amides is 1. The van der Waals surface area contributed by atoms with Crippen LogP contribution < -0.4 is 5.32 Å². The van der Waals surface area contributed by atoms with E-state index in [1.165, 1.54) is 11.3 Å². The van der Waals surface area contributed by atoms with Gasteiger partial charge in [-0.15, -0.1) is 10.2 Å². The molecule has 0 unspecified atom stereocenters. The van der Waals surface area contributed by atoms with Gasteiger partial charge in [0.25, 0.3) is 5.91 Å². The third-order valence-electron chi connectivity index (χ3n) is 3.89. The second-order valence-electron chi connectivity index (χ2n) is 5.81. The highest BCUT2D eigenvalue weighted by molar-refractivity contribution is 8.00. The Morgan fingerprint density at radius 3 is 2.70 bits per heavy atom. The highest BCUT2D eigenvalue weighted by Gasteiger charge is 2.11. The zero-order valence-electron chi connectivity index (χ0n) is 14.1. The van der Waals surface area contributed by atoms with Crippen molar-refractivity contribution >= 4 is 56.5 Å². The van der Waals surface area contributed by atoms with E-state index >= 15 is 0 Å². The molecule has 1 aromatic heterocycles. The summed E-state index contributed by atoms with van der Waals surface area (Å²) < 4.78 is 0.795. The number of carbonyl (C=O) groups is 1. The van der Waals surface area contributed by atoms with Gasteiger partial charge in [0.2, 0.25) is 5.13 Å². The molecule has 0 bridgehead atoms. The van der Waals surface area contributed by atoms with Crippen LogP contribution in [0, 0.1) is 0 Å². The molecule has 1 N–H and O–H groups in total. The predicted molar refractivity (Wildman–Crippen MR) is 113 cm³/mol. The molecule has 0 saturated carbocycles. The normalized spacial score (nSPS) is 10.9. The van der Waals surface area contributed by atoms with Gasteiger partial charge in [-0.05, 0) is 40.6 Å². The molecule has 0 saturated heterocycles. The summed E-state index contributed by atoms with van der Waals surface area (Å²) in [6.07, 6.45) is 0. The molecule has 134 valence electrons. The molecule has 0 spiro atoms. The maximum Gasteiger partial charge on any atom is 0.257 e. The van der Waals surface area contributed by atoms with Gasteiger partial charge in [-0.25, -0.2) is 0 Å². The van der Waals surface area contributed by atoms with E-state index in [1.807, 2.05) is 66.7 Å². The molecule has 4 aromatic rings. The molecule has 0 aliphatic carbocycles. The fourth-order valence-electron chi connectivity index (χ4n) is 2.59. The number of hydrogen-bond acceptors (Lipinski definition) is 5. The maximum absolute atomic E-state index is 12.5. The maximum atomic E-state index is 12.5. The van der Waals surface area contributed by atoms with Gasteiger partial charge in [-0.1, -0.05) is 77.2 Å². The first-order valence-corrected chi connectivity index (χ1v) is 10.4. The van der Waals surface area contributed by atoms with Crippen LogP contribution in [-0.4, -0.2) is 16.1 Å². The van der Waals surface area contributed by atoms with E-state index in [-0.39, 0.29) is 5.91 Å². The van der Waals surface area contributed by atoms with Gasteiger partial charge < -0.3 is 0 Å². The third kappa shape index (κ3) is 4.47. The number of rotatable bonds is 5. The van der Waals surface area contributed by atoms with Crippen molar-refractivity contribution in [2.75, 3.05) is 5.32 Å². The SMILES string of the molecule is O=C(Nc1nnc(SCc2cccc(Cl)c2)s1)c1ccc2ccccc2c1. The molecule has 0 atom stereocenters. The smallest absolute Gasteiger partial charge is 0.257 e. The van der Waals surface area contributed by atoms with Crippen LogP contribution in [-0.2, 0) is 5.75 Å². The molecule has 7 heteroatoms. The van der Waals surface area contributed by atoms with Gasteiger partial charge >= 0.3 is 0 Å². The summed E-state index contributed by atoms with van der Waals surface area (Å²) in [6, 6.07) is 21.3. The van der Waals surface area contributed by atoms with Crippen LogP contribution in [0.2, 0.25) is 5.02 Å². The lowest BCUT2D eigenvalue weighted by Crippen LogP contribution is -2.11. The third-order valence-corrected chi connectivity index (χ3v) is 6.17. The minimum Gasteiger partial charge on any atom is -0.296 e. The molecule has 4 nitrogen and oxygen atoms in total. The molecule has 1 amide bonds. The van der Waals surface area contributed by atoms with E-state index in [9.17, 15) is 4.79 Å². The molecule has 0 aliphatic rings. The van der Waals surface area contributed by atoms with E-state index in [1.54, 1.807) is 11.8 Å². The number of anilines is 1. The van der Waals surface area contributed by atoms with Gasteiger partial charge in [0, 0.05) is 16.3 Å². The van der Waals surface area contributed by atoms with Crippen molar-refractivity contribution in [3.05, 3.63) is 82.9 Å². The first kappa shape index (κ1) is 18.0. The van der Waals surface area contributed by atoms with E-state index in [2.05, 4.69) is 15.5 Å². The van der Waals surface area contributed by atoms with E-state index in [4.69, 9.17) is 11.6 Å². The summed E-state index contributed by atoms with van der Waals surface area (Å²) in [7, 11) is 0. The van der Waals surface area contributed by atoms with Crippen LogP contribution in [0.15, 0.2) is 71.1 Å². The second kappa shape index (κ2) is 8.08. The first-order valence-electron chi connectivity index (χ1n) is 8.18. The monoisotopic (exact) mass is 411 g/mol. The lowest BCUT2D eigenvalue weighted by molar-refractivity contribution is 0.102. The number of carbonyl (C=O) groups excluding carboxylic acids is 1. The highest BCUT2D eigenvalue weighted by Crippen LogP contribution is 2.29. The van der Waals surface area contributed by atoms with Crippen molar-refractivity contribution in [3.8, 4) is 0 Å². The van der Waals surface area contributed by atoms with Crippen molar-refractivity contribution in [2.45, 2.75) is 10.1 Å². The van der Waals surface area contributed by atoms with Crippen molar-refractivity contribution < 1.29 is 4.79 Å². The summed E-state index contributed by atoms with van der Waals surface area (Å²) >= 11 is 8.92.